The molecule has 1 aliphatic carbocycles. The van der Waals surface area contributed by atoms with E-state index in [0.717, 1.165) is 28.5 Å². The molecule has 2 atom stereocenters. The first-order valence-corrected chi connectivity index (χ1v) is 10.0. The smallest absolute Gasteiger partial charge is 0.252 e. The Balaban J connectivity index is 1.63. The van der Waals surface area contributed by atoms with Crippen LogP contribution in [0.15, 0.2) is 55.0 Å². The standard InChI is InChI=1S/C23H22FN5O/c1-23(24)8-2-5-20(23)28-21-17(22(25)30)12-27-29-13-16(11-19(21)29)14-6-7-18-15(10-14)4-3-9-26-18/h3-4,6-7,9-13,20,28H,2,5,8H2,1H3,(H2,25,30). The van der Waals surface area contributed by atoms with Crippen molar-refractivity contribution in [3.8, 4) is 11.1 Å². The number of nitrogens with one attached hydrogen (secondary N) is 1. The van der Waals surface area contributed by atoms with E-state index in [0.29, 0.717) is 24.0 Å². The lowest BCUT2D eigenvalue weighted by Gasteiger charge is -2.26. The van der Waals surface area contributed by atoms with E-state index in [9.17, 15) is 9.18 Å². The van der Waals surface area contributed by atoms with Gasteiger partial charge < -0.3 is 11.1 Å². The number of fused-ring (bicyclic) bond motifs is 2. The number of halogens is 1. The molecule has 30 heavy (non-hydrogen) atoms. The van der Waals surface area contributed by atoms with E-state index in [1.165, 1.54) is 6.20 Å². The summed E-state index contributed by atoms with van der Waals surface area (Å²) in [6.45, 7) is 1.60. The number of carbonyl (C=O) groups excluding carboxylic acids is 1. The number of aromatic nitrogens is 3. The first kappa shape index (κ1) is 18.5. The van der Waals surface area contributed by atoms with Crippen LogP contribution in [0.4, 0.5) is 10.1 Å². The van der Waals surface area contributed by atoms with Crippen LogP contribution in [0.3, 0.4) is 0 Å². The minimum atomic E-state index is -1.34. The second-order valence-electron chi connectivity index (χ2n) is 8.13. The van der Waals surface area contributed by atoms with Crippen molar-refractivity contribution >= 4 is 28.0 Å². The second kappa shape index (κ2) is 6.79. The summed E-state index contributed by atoms with van der Waals surface area (Å²) >= 11 is 0. The summed E-state index contributed by atoms with van der Waals surface area (Å²) in [6, 6.07) is 11.5. The molecule has 1 amide bonds. The number of primary amides is 1. The fourth-order valence-electron chi connectivity index (χ4n) is 4.33. The number of hydrogen-bond donors (Lipinski definition) is 2. The van der Waals surface area contributed by atoms with Crippen molar-refractivity contribution in [3.05, 3.63) is 60.6 Å². The maximum absolute atomic E-state index is 14.9. The molecule has 152 valence electrons. The average Bonchev–Trinajstić information content (AvgIpc) is 3.31. The third-order valence-corrected chi connectivity index (χ3v) is 6.04. The molecule has 0 aliphatic heterocycles. The molecule has 4 aromatic rings. The Bertz CT molecular complexity index is 1280. The minimum Gasteiger partial charge on any atom is -0.377 e. The Morgan fingerprint density at radius 3 is 2.93 bits per heavy atom. The molecule has 0 radical (unpaired) electrons. The van der Waals surface area contributed by atoms with Gasteiger partial charge in [0.25, 0.3) is 5.91 Å². The number of anilines is 1. The van der Waals surface area contributed by atoms with Gasteiger partial charge in [-0.3, -0.25) is 9.78 Å². The molecule has 1 aliphatic rings. The van der Waals surface area contributed by atoms with Crippen LogP contribution in [0, 0.1) is 0 Å². The van der Waals surface area contributed by atoms with Crippen molar-refractivity contribution in [2.24, 2.45) is 5.73 Å². The number of rotatable bonds is 4. The van der Waals surface area contributed by atoms with Crippen LogP contribution in [0.2, 0.25) is 0 Å². The molecule has 5 rings (SSSR count). The third kappa shape index (κ3) is 3.07. The summed E-state index contributed by atoms with van der Waals surface area (Å²) < 4.78 is 16.6. The Hall–Kier alpha value is -3.48. The van der Waals surface area contributed by atoms with Gasteiger partial charge in [-0.05, 0) is 56.0 Å². The van der Waals surface area contributed by atoms with Gasteiger partial charge in [0.2, 0.25) is 0 Å². The molecule has 6 nitrogen and oxygen atoms in total. The molecule has 0 saturated heterocycles. The quantitative estimate of drug-likeness (QED) is 0.531. The Morgan fingerprint density at radius 2 is 2.17 bits per heavy atom. The maximum Gasteiger partial charge on any atom is 0.252 e. The highest BCUT2D eigenvalue weighted by Crippen LogP contribution is 2.37. The number of amides is 1. The van der Waals surface area contributed by atoms with Gasteiger partial charge in [0.05, 0.1) is 34.5 Å². The topological polar surface area (TPSA) is 85.3 Å². The van der Waals surface area contributed by atoms with Gasteiger partial charge in [-0.1, -0.05) is 12.1 Å². The van der Waals surface area contributed by atoms with E-state index in [1.807, 2.05) is 36.5 Å². The van der Waals surface area contributed by atoms with E-state index in [1.54, 1.807) is 17.6 Å². The number of nitrogens with two attached hydrogens (primary N) is 1. The fourth-order valence-corrected chi connectivity index (χ4v) is 4.33. The highest BCUT2D eigenvalue weighted by atomic mass is 19.1. The molecular formula is C23H22FN5O. The van der Waals surface area contributed by atoms with Crippen LogP contribution in [-0.2, 0) is 0 Å². The van der Waals surface area contributed by atoms with Crippen LogP contribution in [0.25, 0.3) is 27.5 Å². The highest BCUT2D eigenvalue weighted by molar-refractivity contribution is 6.02. The lowest BCUT2D eigenvalue weighted by atomic mass is 10.0. The van der Waals surface area contributed by atoms with Crippen molar-refractivity contribution in [2.45, 2.75) is 37.9 Å². The summed E-state index contributed by atoms with van der Waals surface area (Å²) in [5.41, 5.74) is 8.60. The van der Waals surface area contributed by atoms with Crippen molar-refractivity contribution in [1.29, 1.82) is 0 Å². The van der Waals surface area contributed by atoms with Gasteiger partial charge in [-0.25, -0.2) is 8.91 Å². The Morgan fingerprint density at radius 1 is 1.30 bits per heavy atom. The van der Waals surface area contributed by atoms with Crippen LogP contribution in [-0.4, -0.2) is 32.2 Å². The Labute approximate surface area is 172 Å². The first-order valence-electron chi connectivity index (χ1n) is 10.0. The Kier molecular flexibility index (Phi) is 4.20. The molecule has 3 heterocycles. The van der Waals surface area contributed by atoms with Crippen molar-refractivity contribution < 1.29 is 9.18 Å². The zero-order chi connectivity index (χ0) is 20.9. The van der Waals surface area contributed by atoms with Gasteiger partial charge in [0.1, 0.15) is 5.67 Å². The summed E-state index contributed by atoms with van der Waals surface area (Å²) in [7, 11) is 0. The predicted octanol–water partition coefficient (Wildman–Crippen LogP) is 4.34. The number of alkyl halides is 1. The molecule has 1 fully saturated rings. The van der Waals surface area contributed by atoms with Crippen LogP contribution in [0.1, 0.15) is 36.5 Å². The zero-order valence-electron chi connectivity index (χ0n) is 16.6. The molecule has 0 bridgehead atoms. The molecule has 1 aromatic carbocycles. The van der Waals surface area contributed by atoms with Crippen molar-refractivity contribution in [3.63, 3.8) is 0 Å². The van der Waals surface area contributed by atoms with Gasteiger partial charge in [0.15, 0.2) is 0 Å². The summed E-state index contributed by atoms with van der Waals surface area (Å²) in [5.74, 6) is -0.592. The summed E-state index contributed by atoms with van der Waals surface area (Å²) in [6.07, 6.45) is 7.10. The average molecular weight is 403 g/mol. The predicted molar refractivity (Wildman–Crippen MR) is 115 cm³/mol. The molecular weight excluding hydrogens is 381 g/mol. The van der Waals surface area contributed by atoms with Crippen molar-refractivity contribution in [1.82, 2.24) is 14.6 Å². The molecule has 3 aromatic heterocycles. The largest absolute Gasteiger partial charge is 0.377 e. The lowest BCUT2D eigenvalue weighted by molar-refractivity contribution is 0.1000. The van der Waals surface area contributed by atoms with Gasteiger partial charge in [0, 0.05) is 23.3 Å². The maximum atomic E-state index is 14.9. The SMILES string of the molecule is CC1(F)CCCC1Nc1c(C(N)=O)cnn2cc(-c3ccc4ncccc4c3)cc12. The minimum absolute atomic E-state index is 0.262. The van der Waals surface area contributed by atoms with E-state index >= 15 is 0 Å². The number of carbonyl (C=O) groups is 1. The number of hydrogen-bond acceptors (Lipinski definition) is 4. The molecule has 7 heteroatoms. The molecule has 0 spiro atoms. The lowest BCUT2D eigenvalue weighted by Crippen LogP contribution is -2.36. The van der Waals surface area contributed by atoms with Gasteiger partial charge in [-0.15, -0.1) is 0 Å². The number of benzene rings is 1. The van der Waals surface area contributed by atoms with E-state index < -0.39 is 11.6 Å². The van der Waals surface area contributed by atoms with Gasteiger partial charge >= 0.3 is 0 Å². The summed E-state index contributed by atoms with van der Waals surface area (Å²) in [4.78, 5) is 16.4. The normalized spacial score (nSPS) is 21.3. The molecule has 3 N–H and O–H groups in total. The number of pyridine rings is 1. The van der Waals surface area contributed by atoms with Gasteiger partial charge in [-0.2, -0.15) is 5.10 Å². The zero-order valence-corrected chi connectivity index (χ0v) is 16.6. The van der Waals surface area contributed by atoms with Crippen LogP contribution in [0.5, 0.6) is 0 Å². The number of nitrogens with zero attached hydrogens (tertiary/aromatic N) is 3. The third-order valence-electron chi connectivity index (χ3n) is 6.04. The molecule has 2 unspecified atom stereocenters. The van der Waals surface area contributed by atoms with Crippen LogP contribution >= 0.6 is 0 Å². The monoisotopic (exact) mass is 403 g/mol. The fraction of sp³-hybridized carbons (Fsp3) is 0.261. The van der Waals surface area contributed by atoms with E-state index in [2.05, 4.69) is 21.5 Å². The highest BCUT2D eigenvalue weighted by Gasteiger charge is 2.39. The first-order chi connectivity index (χ1) is 14.4. The van der Waals surface area contributed by atoms with Crippen LogP contribution < -0.4 is 11.1 Å². The molecule has 1 saturated carbocycles. The van der Waals surface area contributed by atoms with Crippen molar-refractivity contribution in [2.75, 3.05) is 5.32 Å². The summed E-state index contributed by atoms with van der Waals surface area (Å²) in [5, 5.41) is 8.66. The van der Waals surface area contributed by atoms with E-state index in [4.69, 9.17) is 5.73 Å². The van der Waals surface area contributed by atoms with E-state index in [-0.39, 0.29) is 11.6 Å². The second-order valence-corrected chi connectivity index (χ2v) is 8.13.